The average Bonchev–Trinajstić information content (AvgIpc) is 1.56. The van der Waals surface area contributed by atoms with Gasteiger partial charge in [-0.1, -0.05) is 248 Å². The van der Waals surface area contributed by atoms with Gasteiger partial charge in [0, 0.05) is 98.8 Å². The Kier molecular flexibility index (Phi) is 10.7. The molecule has 17 aromatic rings. The quantitative estimate of drug-likeness (QED) is 0.166. The van der Waals surface area contributed by atoms with Crippen molar-refractivity contribution in [3.8, 4) is 84.2 Å². The maximum Gasteiger partial charge on any atom is 0.160 e. The number of aromatic nitrogens is 5. The predicted molar refractivity (Wildman–Crippen MR) is 392 cm³/mol. The monoisotopic (exact) mass is 1200 g/mol. The lowest BCUT2D eigenvalue weighted by atomic mass is 9.82. The topological polar surface area (TPSA) is 40.6 Å². The van der Waals surface area contributed by atoms with Gasteiger partial charge in [-0.2, -0.15) is 0 Å². The van der Waals surface area contributed by atoms with E-state index < -0.39 is 0 Å². The normalized spacial score (nSPS) is 14.5. The summed E-state index contributed by atoms with van der Waals surface area (Å²) in [5.41, 5.74) is 31.9. The zero-order valence-corrected chi connectivity index (χ0v) is 53.2. The Morgan fingerprint density at radius 2 is 0.617 bits per heavy atom. The molecule has 0 N–H and O–H groups in total. The molecule has 20 rings (SSSR count). The van der Waals surface area contributed by atoms with Crippen molar-refractivity contribution in [3.63, 3.8) is 0 Å². The van der Waals surface area contributed by atoms with Crippen molar-refractivity contribution in [2.45, 2.75) is 57.8 Å². The van der Waals surface area contributed by atoms with Crippen LogP contribution in [0, 0.1) is 0 Å². The molecule has 0 fully saturated rings. The Hall–Kier alpha value is -11.4. The highest BCUT2D eigenvalue weighted by atomic mass is 15.0. The summed E-state index contributed by atoms with van der Waals surface area (Å²) in [6, 6.07) is 102. The molecule has 0 saturated carbocycles. The lowest BCUT2D eigenvalue weighted by Crippen LogP contribution is -2.14. The highest BCUT2D eigenvalue weighted by Crippen LogP contribution is 2.57. The standard InChI is InChI=1S/C89H63N5/c1-87(2)69-34-13-7-31-65(69)79-72(87)44-41-62-59-28-10-16-37-76(59)92(83(62)79)56-25-19-22-52(48-56)53-40-47-75-68(51-53)82(54-23-20-26-57(49-54)93-77-38-17-11-29-60(77)63-42-45-73-80(84(63)93)66-32-8-14-35-70(66)88(73,3)4)91-86(90-75)55-24-21-27-58(50-55)94-78-39-18-12-30-61(78)64-43-46-74-81(85(64)94)67-33-9-15-36-71(67)89(74,5)6/h7-51H,1-6H3. The Bertz CT molecular complexity index is 6210. The highest BCUT2D eigenvalue weighted by Gasteiger charge is 2.41. The summed E-state index contributed by atoms with van der Waals surface area (Å²) in [5.74, 6) is 0.666. The molecule has 4 aromatic heterocycles. The summed E-state index contributed by atoms with van der Waals surface area (Å²) in [6.45, 7) is 14.2. The molecule has 0 radical (unpaired) electrons. The van der Waals surface area contributed by atoms with Gasteiger partial charge in [0.05, 0.1) is 44.3 Å². The van der Waals surface area contributed by atoms with Crippen molar-refractivity contribution in [2.75, 3.05) is 0 Å². The molecule has 5 nitrogen and oxygen atoms in total. The Morgan fingerprint density at radius 3 is 1.06 bits per heavy atom. The van der Waals surface area contributed by atoms with E-state index >= 15 is 0 Å². The molecule has 5 heteroatoms. The van der Waals surface area contributed by atoms with Crippen LogP contribution in [0.1, 0.15) is 74.9 Å². The van der Waals surface area contributed by atoms with Crippen LogP contribution in [0.4, 0.5) is 0 Å². The van der Waals surface area contributed by atoms with Crippen LogP contribution >= 0.6 is 0 Å². The van der Waals surface area contributed by atoms with E-state index in [4.69, 9.17) is 9.97 Å². The molecule has 444 valence electrons. The van der Waals surface area contributed by atoms with E-state index in [2.05, 4.69) is 328 Å². The van der Waals surface area contributed by atoms with E-state index in [9.17, 15) is 0 Å². The molecule has 0 amide bonds. The molecule has 3 aliphatic rings. The molecule has 0 saturated heterocycles. The third-order valence-electron chi connectivity index (χ3n) is 22.0. The molecule has 13 aromatic carbocycles. The number of fused-ring (bicyclic) bond motifs is 22. The fourth-order valence-electron chi connectivity index (χ4n) is 17.6. The molecule has 0 atom stereocenters. The molecule has 3 aliphatic carbocycles. The second-order valence-corrected chi connectivity index (χ2v) is 28.0. The first-order valence-corrected chi connectivity index (χ1v) is 33.1. The Labute approximate surface area is 545 Å². The number of hydrogen-bond acceptors (Lipinski definition) is 2. The first kappa shape index (κ1) is 53.3. The van der Waals surface area contributed by atoms with Crippen molar-refractivity contribution in [3.05, 3.63) is 306 Å². The van der Waals surface area contributed by atoms with Gasteiger partial charge in [0.15, 0.2) is 5.82 Å². The SMILES string of the molecule is CC1(C)c2ccccc2-c2c1ccc1c3ccccc3n(-c3cccc(-c4ccc5nc(-c6cccc(-n7c8ccccc8c8ccc9c(c87)-c7ccccc7C9(C)C)c6)nc(-c6cccc(-n7c8ccccc8c8ccc9c(c87)-c7ccccc7C9(C)C)c6)c5c4)c3)c21. The number of benzene rings is 13. The van der Waals surface area contributed by atoms with Gasteiger partial charge >= 0.3 is 0 Å². The fourth-order valence-corrected chi connectivity index (χ4v) is 17.6. The van der Waals surface area contributed by atoms with Gasteiger partial charge in [-0.15, -0.1) is 0 Å². The third-order valence-corrected chi connectivity index (χ3v) is 22.0. The smallest absolute Gasteiger partial charge is 0.160 e. The van der Waals surface area contributed by atoms with Crippen LogP contribution in [-0.2, 0) is 16.2 Å². The summed E-state index contributed by atoms with van der Waals surface area (Å²) >= 11 is 0. The van der Waals surface area contributed by atoms with Crippen molar-refractivity contribution < 1.29 is 0 Å². The molecule has 0 unspecified atom stereocenters. The number of para-hydroxylation sites is 3. The van der Waals surface area contributed by atoms with E-state index in [-0.39, 0.29) is 16.2 Å². The van der Waals surface area contributed by atoms with Crippen molar-refractivity contribution in [1.82, 2.24) is 23.7 Å². The second kappa shape index (κ2) is 18.9. The Balaban J connectivity index is 0.804. The minimum absolute atomic E-state index is 0.138. The van der Waals surface area contributed by atoms with Crippen molar-refractivity contribution in [2.24, 2.45) is 0 Å². The maximum absolute atomic E-state index is 5.84. The van der Waals surface area contributed by atoms with Crippen LogP contribution in [0.2, 0.25) is 0 Å². The van der Waals surface area contributed by atoms with Gasteiger partial charge in [-0.05, 0) is 128 Å². The second-order valence-electron chi connectivity index (χ2n) is 28.0. The van der Waals surface area contributed by atoms with Crippen LogP contribution < -0.4 is 0 Å². The predicted octanol–water partition coefficient (Wildman–Crippen LogP) is 22.8. The van der Waals surface area contributed by atoms with E-state index in [0.29, 0.717) is 5.82 Å². The van der Waals surface area contributed by atoms with Gasteiger partial charge in [0.2, 0.25) is 0 Å². The summed E-state index contributed by atoms with van der Waals surface area (Å²) in [7, 11) is 0. The third kappa shape index (κ3) is 7.08. The lowest BCUT2D eigenvalue weighted by molar-refractivity contribution is 0.660. The molecular formula is C89H63N5. The lowest BCUT2D eigenvalue weighted by Gasteiger charge is -2.21. The largest absolute Gasteiger partial charge is 0.309 e. The van der Waals surface area contributed by atoms with E-state index in [1.54, 1.807) is 0 Å². The minimum atomic E-state index is -0.162. The molecule has 94 heavy (non-hydrogen) atoms. The first-order valence-electron chi connectivity index (χ1n) is 33.1. The average molecular weight is 1200 g/mol. The summed E-state index contributed by atoms with van der Waals surface area (Å²) in [4.78, 5) is 11.4. The minimum Gasteiger partial charge on any atom is -0.309 e. The van der Waals surface area contributed by atoms with Gasteiger partial charge < -0.3 is 13.7 Å². The van der Waals surface area contributed by atoms with Crippen LogP contribution in [0.3, 0.4) is 0 Å². The zero-order chi connectivity index (χ0) is 62.7. The molecule has 0 aliphatic heterocycles. The van der Waals surface area contributed by atoms with Gasteiger partial charge in [0.25, 0.3) is 0 Å². The molecular weight excluding hydrogens is 1140 g/mol. The zero-order valence-electron chi connectivity index (χ0n) is 53.2. The highest BCUT2D eigenvalue weighted by molar-refractivity contribution is 6.19. The summed E-state index contributed by atoms with van der Waals surface area (Å²) in [5, 5.41) is 8.43. The van der Waals surface area contributed by atoms with Crippen LogP contribution in [0.25, 0.3) is 161 Å². The van der Waals surface area contributed by atoms with Gasteiger partial charge in [0.1, 0.15) is 0 Å². The van der Waals surface area contributed by atoms with Gasteiger partial charge in [-0.3, -0.25) is 0 Å². The summed E-state index contributed by atoms with van der Waals surface area (Å²) in [6.07, 6.45) is 0. The number of hydrogen-bond donors (Lipinski definition) is 0. The molecule has 4 heterocycles. The van der Waals surface area contributed by atoms with Crippen molar-refractivity contribution in [1.29, 1.82) is 0 Å². The van der Waals surface area contributed by atoms with Gasteiger partial charge in [-0.25, -0.2) is 9.97 Å². The summed E-state index contributed by atoms with van der Waals surface area (Å²) < 4.78 is 7.52. The van der Waals surface area contributed by atoms with Crippen LogP contribution in [0.15, 0.2) is 273 Å². The molecule has 0 bridgehead atoms. The first-order chi connectivity index (χ1) is 45.9. The van der Waals surface area contributed by atoms with Crippen LogP contribution in [0.5, 0.6) is 0 Å². The number of nitrogens with zero attached hydrogens (tertiary/aromatic N) is 5. The fraction of sp³-hybridized carbons (Fsp3) is 0.101. The number of rotatable bonds is 6. The van der Waals surface area contributed by atoms with Crippen molar-refractivity contribution >= 4 is 76.3 Å². The maximum atomic E-state index is 5.84. The van der Waals surface area contributed by atoms with Crippen LogP contribution in [-0.4, -0.2) is 23.7 Å². The van der Waals surface area contributed by atoms with E-state index in [1.165, 1.54) is 127 Å². The Morgan fingerprint density at radius 1 is 0.255 bits per heavy atom. The van der Waals surface area contributed by atoms with E-state index in [1.807, 2.05) is 0 Å². The van der Waals surface area contributed by atoms with E-state index in [0.717, 1.165) is 61.4 Å². The molecule has 0 spiro atoms.